The Morgan fingerprint density at radius 1 is 1.23 bits per heavy atom. The van der Waals surface area contributed by atoms with Crippen molar-refractivity contribution in [2.45, 2.75) is 13.3 Å². The number of hydrogen-bond donors (Lipinski definition) is 1. The minimum Gasteiger partial charge on any atom is -0.483 e. The van der Waals surface area contributed by atoms with E-state index in [-0.39, 0.29) is 18.4 Å². The minimum atomic E-state index is -0.258. The maximum absolute atomic E-state index is 12.5. The molecule has 2 aromatic carbocycles. The molecule has 2 amide bonds. The van der Waals surface area contributed by atoms with Crippen molar-refractivity contribution in [1.29, 1.82) is 0 Å². The van der Waals surface area contributed by atoms with Crippen LogP contribution in [0, 0.1) is 0 Å². The first-order valence-electron chi connectivity index (χ1n) is 9.48. The lowest BCUT2D eigenvalue weighted by atomic mass is 10.1. The van der Waals surface area contributed by atoms with E-state index >= 15 is 0 Å². The Hall–Kier alpha value is -2.90. The molecule has 0 aromatic heterocycles. The van der Waals surface area contributed by atoms with Crippen LogP contribution < -0.4 is 10.1 Å². The number of nitrogens with zero attached hydrogens (tertiary/aromatic N) is 1. The van der Waals surface area contributed by atoms with Crippen molar-refractivity contribution in [3.63, 3.8) is 0 Å². The van der Waals surface area contributed by atoms with Gasteiger partial charge >= 0.3 is 0 Å². The SMILES string of the molecule is C=CCN1C(=O)/C(=C/c2ccccc2OCC(=O)Nc2ccc(CC)cc2)SC1=S. The van der Waals surface area contributed by atoms with Crippen LogP contribution >= 0.6 is 24.0 Å². The summed E-state index contributed by atoms with van der Waals surface area (Å²) in [5.41, 5.74) is 2.63. The van der Waals surface area contributed by atoms with E-state index in [2.05, 4.69) is 18.8 Å². The van der Waals surface area contributed by atoms with Crippen molar-refractivity contribution >= 4 is 51.9 Å². The molecule has 30 heavy (non-hydrogen) atoms. The Labute approximate surface area is 185 Å². The molecule has 1 fully saturated rings. The zero-order chi connectivity index (χ0) is 21.5. The number of para-hydroxylation sites is 1. The minimum absolute atomic E-state index is 0.141. The maximum atomic E-state index is 12.5. The van der Waals surface area contributed by atoms with Gasteiger partial charge in [0, 0.05) is 17.8 Å². The van der Waals surface area contributed by atoms with E-state index in [1.54, 1.807) is 18.2 Å². The Kier molecular flexibility index (Phi) is 7.43. The lowest BCUT2D eigenvalue weighted by Gasteiger charge is -2.11. The van der Waals surface area contributed by atoms with Crippen LogP contribution in [0.1, 0.15) is 18.1 Å². The van der Waals surface area contributed by atoms with Gasteiger partial charge in [-0.15, -0.1) is 6.58 Å². The van der Waals surface area contributed by atoms with Gasteiger partial charge in [-0.25, -0.2) is 0 Å². The number of amides is 2. The van der Waals surface area contributed by atoms with E-state index in [4.69, 9.17) is 17.0 Å². The number of thioether (sulfide) groups is 1. The Balaban J connectivity index is 1.66. The highest BCUT2D eigenvalue weighted by molar-refractivity contribution is 8.26. The Bertz CT molecular complexity index is 1000. The van der Waals surface area contributed by atoms with Crippen molar-refractivity contribution in [3.8, 4) is 5.75 Å². The molecule has 5 nitrogen and oxygen atoms in total. The number of ether oxygens (including phenoxy) is 1. The number of anilines is 1. The molecular formula is C23H22N2O3S2. The molecular weight excluding hydrogens is 416 g/mol. The molecule has 0 aliphatic carbocycles. The molecule has 0 unspecified atom stereocenters. The van der Waals surface area contributed by atoms with Gasteiger partial charge in [-0.1, -0.05) is 67.3 Å². The van der Waals surface area contributed by atoms with E-state index in [1.807, 2.05) is 42.5 Å². The average molecular weight is 439 g/mol. The molecule has 1 aliphatic heterocycles. The summed E-state index contributed by atoms with van der Waals surface area (Å²) in [5.74, 6) is 0.0994. The summed E-state index contributed by atoms with van der Waals surface area (Å²) < 4.78 is 6.22. The van der Waals surface area contributed by atoms with Gasteiger partial charge in [0.05, 0.1) is 4.91 Å². The summed E-state index contributed by atoms with van der Waals surface area (Å²) in [6.07, 6.45) is 4.32. The van der Waals surface area contributed by atoms with Crippen LogP contribution in [-0.2, 0) is 16.0 Å². The molecule has 0 spiro atoms. The van der Waals surface area contributed by atoms with Gasteiger partial charge in [0.15, 0.2) is 6.61 Å². The quantitative estimate of drug-likeness (QED) is 0.369. The van der Waals surface area contributed by atoms with Crippen molar-refractivity contribution in [1.82, 2.24) is 4.90 Å². The van der Waals surface area contributed by atoms with Crippen LogP contribution in [0.25, 0.3) is 6.08 Å². The van der Waals surface area contributed by atoms with Crippen molar-refractivity contribution in [3.05, 3.63) is 77.2 Å². The molecule has 1 aliphatic rings. The van der Waals surface area contributed by atoms with E-state index in [0.29, 0.717) is 27.1 Å². The third-order valence-corrected chi connectivity index (χ3v) is 5.77. The van der Waals surface area contributed by atoms with Gasteiger partial charge in [0.2, 0.25) is 0 Å². The number of carbonyl (C=O) groups excluding carboxylic acids is 2. The zero-order valence-corrected chi connectivity index (χ0v) is 18.2. The summed E-state index contributed by atoms with van der Waals surface area (Å²) in [6, 6.07) is 15.0. The second-order valence-corrected chi connectivity index (χ2v) is 8.18. The highest BCUT2D eigenvalue weighted by Gasteiger charge is 2.31. The fraction of sp³-hybridized carbons (Fsp3) is 0.174. The van der Waals surface area contributed by atoms with Crippen LogP contribution in [0.5, 0.6) is 5.75 Å². The molecule has 154 valence electrons. The van der Waals surface area contributed by atoms with Gasteiger partial charge in [-0.2, -0.15) is 0 Å². The summed E-state index contributed by atoms with van der Waals surface area (Å²) >= 11 is 6.51. The number of hydrogen-bond acceptors (Lipinski definition) is 5. The number of nitrogens with one attached hydrogen (secondary N) is 1. The summed E-state index contributed by atoms with van der Waals surface area (Å²) in [7, 11) is 0. The van der Waals surface area contributed by atoms with Crippen molar-refractivity contribution < 1.29 is 14.3 Å². The van der Waals surface area contributed by atoms with Crippen LogP contribution in [0.2, 0.25) is 0 Å². The van der Waals surface area contributed by atoms with E-state index in [0.717, 1.165) is 12.1 Å². The zero-order valence-electron chi connectivity index (χ0n) is 16.6. The monoisotopic (exact) mass is 438 g/mol. The summed E-state index contributed by atoms with van der Waals surface area (Å²) in [4.78, 5) is 26.8. The van der Waals surface area contributed by atoms with Crippen LogP contribution in [0.4, 0.5) is 5.69 Å². The largest absolute Gasteiger partial charge is 0.483 e. The topological polar surface area (TPSA) is 58.6 Å². The third-order valence-electron chi connectivity index (χ3n) is 4.40. The van der Waals surface area contributed by atoms with E-state index < -0.39 is 0 Å². The number of carbonyl (C=O) groups is 2. The van der Waals surface area contributed by atoms with Crippen molar-refractivity contribution in [2.75, 3.05) is 18.5 Å². The molecule has 3 rings (SSSR count). The van der Waals surface area contributed by atoms with Crippen LogP contribution in [0.15, 0.2) is 66.1 Å². The third kappa shape index (κ3) is 5.37. The first kappa shape index (κ1) is 21.8. The second-order valence-electron chi connectivity index (χ2n) is 6.51. The molecule has 0 bridgehead atoms. The first-order chi connectivity index (χ1) is 14.5. The van der Waals surface area contributed by atoms with Gasteiger partial charge in [-0.3, -0.25) is 14.5 Å². The lowest BCUT2D eigenvalue weighted by molar-refractivity contribution is -0.121. The van der Waals surface area contributed by atoms with Gasteiger partial charge in [-0.05, 0) is 36.3 Å². The van der Waals surface area contributed by atoms with Crippen LogP contribution in [0.3, 0.4) is 0 Å². The number of benzene rings is 2. The number of aryl methyl sites for hydroxylation is 1. The Morgan fingerprint density at radius 2 is 1.97 bits per heavy atom. The number of thiocarbonyl (C=S) groups is 1. The van der Waals surface area contributed by atoms with E-state index in [9.17, 15) is 9.59 Å². The standard InChI is InChI=1S/C23H22N2O3S2/c1-3-13-25-22(27)20(30-23(25)29)14-17-7-5-6-8-19(17)28-15-21(26)24-18-11-9-16(4-2)10-12-18/h3,5-12,14H,1,4,13,15H2,2H3,(H,24,26)/b20-14-. The molecule has 7 heteroatoms. The molecule has 1 saturated heterocycles. The fourth-order valence-electron chi connectivity index (χ4n) is 2.82. The predicted octanol–water partition coefficient (Wildman–Crippen LogP) is 4.65. The predicted molar refractivity (Wildman–Crippen MR) is 126 cm³/mol. The summed E-state index contributed by atoms with van der Waals surface area (Å²) in [5, 5.41) is 2.82. The van der Waals surface area contributed by atoms with Gasteiger partial charge in [0.1, 0.15) is 10.1 Å². The van der Waals surface area contributed by atoms with E-state index in [1.165, 1.54) is 22.2 Å². The molecule has 2 aromatic rings. The first-order valence-corrected chi connectivity index (χ1v) is 10.7. The maximum Gasteiger partial charge on any atom is 0.266 e. The van der Waals surface area contributed by atoms with Crippen LogP contribution in [-0.4, -0.2) is 34.2 Å². The van der Waals surface area contributed by atoms with Crippen molar-refractivity contribution in [2.24, 2.45) is 0 Å². The smallest absolute Gasteiger partial charge is 0.266 e. The fourth-order valence-corrected chi connectivity index (χ4v) is 4.09. The highest BCUT2D eigenvalue weighted by Crippen LogP contribution is 2.34. The Morgan fingerprint density at radius 3 is 2.67 bits per heavy atom. The summed E-state index contributed by atoms with van der Waals surface area (Å²) in [6.45, 7) is 5.97. The molecule has 0 radical (unpaired) electrons. The molecule has 0 saturated carbocycles. The molecule has 0 atom stereocenters. The molecule has 1 heterocycles. The normalized spacial score (nSPS) is 14.8. The number of rotatable bonds is 8. The molecule has 1 N–H and O–H groups in total. The highest BCUT2D eigenvalue weighted by atomic mass is 32.2. The van der Waals surface area contributed by atoms with Gasteiger partial charge < -0.3 is 10.1 Å². The van der Waals surface area contributed by atoms with Gasteiger partial charge in [0.25, 0.3) is 11.8 Å². The second kappa shape index (κ2) is 10.2. The average Bonchev–Trinajstić information content (AvgIpc) is 3.01. The lowest BCUT2D eigenvalue weighted by Crippen LogP contribution is -2.27.